The minimum atomic E-state index is -0.324. The van der Waals surface area contributed by atoms with E-state index in [1.54, 1.807) is 12.3 Å². The van der Waals surface area contributed by atoms with Crippen LogP contribution < -0.4 is 11.1 Å². The van der Waals surface area contributed by atoms with E-state index in [-0.39, 0.29) is 11.7 Å². The maximum absolute atomic E-state index is 12.2. The normalized spacial score (nSPS) is 10.7. The number of hydrogen-bond acceptors (Lipinski definition) is 5. The van der Waals surface area contributed by atoms with Gasteiger partial charge < -0.3 is 5.73 Å². The third-order valence-corrected chi connectivity index (χ3v) is 4.03. The molecule has 0 bridgehead atoms. The predicted molar refractivity (Wildman–Crippen MR) is 83.9 cm³/mol. The van der Waals surface area contributed by atoms with Crippen molar-refractivity contribution in [1.29, 1.82) is 0 Å². The van der Waals surface area contributed by atoms with Crippen LogP contribution in [0.3, 0.4) is 0 Å². The number of carbonyl (C=O) groups excluding carboxylic acids is 1. The van der Waals surface area contributed by atoms with Crippen LogP contribution in [0.15, 0.2) is 41.0 Å². The Morgan fingerprint density at radius 3 is 2.95 bits per heavy atom. The van der Waals surface area contributed by atoms with Crippen molar-refractivity contribution in [1.82, 2.24) is 9.97 Å². The lowest BCUT2D eigenvalue weighted by Gasteiger charge is -2.04. The SMILES string of the molecule is Nc1ncc(Br)cc1C(=O)Nc1nc2ccccc2s1. The first-order valence-corrected chi connectivity index (χ1v) is 7.32. The molecule has 3 rings (SSSR count). The molecule has 0 unspecified atom stereocenters. The van der Waals surface area contributed by atoms with Crippen LogP contribution in [-0.4, -0.2) is 15.9 Å². The van der Waals surface area contributed by atoms with E-state index >= 15 is 0 Å². The van der Waals surface area contributed by atoms with Gasteiger partial charge in [-0.1, -0.05) is 23.5 Å². The highest BCUT2D eigenvalue weighted by atomic mass is 79.9. The molecule has 20 heavy (non-hydrogen) atoms. The Kier molecular flexibility index (Phi) is 3.37. The number of hydrogen-bond donors (Lipinski definition) is 2. The molecule has 5 nitrogen and oxygen atoms in total. The number of amides is 1. The van der Waals surface area contributed by atoms with E-state index in [4.69, 9.17) is 5.73 Å². The second-order valence-corrected chi connectivity index (χ2v) is 5.97. The summed E-state index contributed by atoms with van der Waals surface area (Å²) >= 11 is 4.68. The quantitative estimate of drug-likeness (QED) is 0.744. The van der Waals surface area contributed by atoms with Crippen LogP contribution in [0.1, 0.15) is 10.4 Å². The summed E-state index contributed by atoms with van der Waals surface area (Å²) < 4.78 is 1.71. The first kappa shape index (κ1) is 13.0. The number of thiazole rings is 1. The highest BCUT2D eigenvalue weighted by molar-refractivity contribution is 9.10. The van der Waals surface area contributed by atoms with Gasteiger partial charge in [0.25, 0.3) is 5.91 Å². The summed E-state index contributed by atoms with van der Waals surface area (Å²) in [6.07, 6.45) is 1.55. The second-order valence-electron chi connectivity index (χ2n) is 4.03. The van der Waals surface area contributed by atoms with Gasteiger partial charge in [-0.15, -0.1) is 0 Å². The number of nitrogens with zero attached hydrogens (tertiary/aromatic N) is 2. The molecular formula is C13H9BrN4OS. The Morgan fingerprint density at radius 2 is 2.15 bits per heavy atom. The lowest BCUT2D eigenvalue weighted by Crippen LogP contribution is -2.14. The fourth-order valence-corrected chi connectivity index (χ4v) is 2.91. The maximum Gasteiger partial charge on any atom is 0.261 e. The van der Waals surface area contributed by atoms with Crippen molar-refractivity contribution in [2.75, 3.05) is 11.1 Å². The van der Waals surface area contributed by atoms with Crippen molar-refractivity contribution in [2.24, 2.45) is 0 Å². The van der Waals surface area contributed by atoms with Crippen LogP contribution >= 0.6 is 27.3 Å². The van der Waals surface area contributed by atoms with E-state index < -0.39 is 0 Å². The molecule has 0 spiro atoms. The number of nitrogen functional groups attached to an aromatic ring is 1. The van der Waals surface area contributed by atoms with Crippen LogP contribution in [0.4, 0.5) is 10.9 Å². The van der Waals surface area contributed by atoms with Gasteiger partial charge in [0.15, 0.2) is 5.13 Å². The van der Waals surface area contributed by atoms with E-state index in [1.807, 2.05) is 24.3 Å². The number of fused-ring (bicyclic) bond motifs is 1. The van der Waals surface area contributed by atoms with Crippen LogP contribution in [0.2, 0.25) is 0 Å². The summed E-state index contributed by atoms with van der Waals surface area (Å²) in [4.78, 5) is 20.5. The molecule has 0 atom stereocenters. The summed E-state index contributed by atoms with van der Waals surface area (Å²) in [5.74, 6) is -0.137. The molecule has 0 saturated heterocycles. The summed E-state index contributed by atoms with van der Waals surface area (Å²) in [5.41, 5.74) is 6.88. The Morgan fingerprint density at radius 1 is 1.35 bits per heavy atom. The number of para-hydroxylation sites is 1. The van der Waals surface area contributed by atoms with Crippen molar-refractivity contribution in [3.8, 4) is 0 Å². The van der Waals surface area contributed by atoms with Crippen LogP contribution in [0.25, 0.3) is 10.2 Å². The molecule has 2 heterocycles. The minimum absolute atomic E-state index is 0.187. The molecule has 0 aliphatic carbocycles. The van der Waals surface area contributed by atoms with E-state index in [0.29, 0.717) is 15.2 Å². The van der Waals surface area contributed by atoms with Gasteiger partial charge in [0.05, 0.1) is 15.8 Å². The first-order chi connectivity index (χ1) is 9.63. The van der Waals surface area contributed by atoms with E-state index in [1.165, 1.54) is 11.3 Å². The molecule has 0 radical (unpaired) electrons. The number of rotatable bonds is 2. The zero-order valence-electron chi connectivity index (χ0n) is 10.1. The number of nitrogens with one attached hydrogen (secondary N) is 1. The molecule has 3 aromatic rings. The number of pyridine rings is 1. The number of anilines is 2. The first-order valence-electron chi connectivity index (χ1n) is 5.71. The highest BCUT2D eigenvalue weighted by Crippen LogP contribution is 2.26. The van der Waals surface area contributed by atoms with Crippen molar-refractivity contribution in [3.63, 3.8) is 0 Å². The van der Waals surface area contributed by atoms with Crippen molar-refractivity contribution < 1.29 is 4.79 Å². The number of halogens is 1. The van der Waals surface area contributed by atoms with E-state index in [9.17, 15) is 4.79 Å². The molecule has 0 fully saturated rings. The topological polar surface area (TPSA) is 80.9 Å². The number of aromatic nitrogens is 2. The third-order valence-electron chi connectivity index (χ3n) is 2.64. The Labute approximate surface area is 127 Å². The smallest absolute Gasteiger partial charge is 0.261 e. The van der Waals surface area contributed by atoms with E-state index in [0.717, 1.165) is 10.2 Å². The lowest BCUT2D eigenvalue weighted by atomic mass is 10.2. The minimum Gasteiger partial charge on any atom is -0.383 e. The molecular weight excluding hydrogens is 340 g/mol. The van der Waals surface area contributed by atoms with Crippen LogP contribution in [-0.2, 0) is 0 Å². The average Bonchev–Trinajstić information content (AvgIpc) is 2.83. The van der Waals surface area contributed by atoms with Crippen LogP contribution in [0.5, 0.6) is 0 Å². The molecule has 0 aliphatic heterocycles. The lowest BCUT2D eigenvalue weighted by molar-refractivity contribution is 0.102. The van der Waals surface area contributed by atoms with Crippen molar-refractivity contribution in [3.05, 3.63) is 46.6 Å². The molecule has 0 aliphatic rings. The van der Waals surface area contributed by atoms with Gasteiger partial charge in [0.1, 0.15) is 5.82 Å². The number of carbonyl (C=O) groups is 1. The number of benzene rings is 1. The largest absolute Gasteiger partial charge is 0.383 e. The molecule has 3 N–H and O–H groups in total. The van der Waals surface area contributed by atoms with E-state index in [2.05, 4.69) is 31.2 Å². The fourth-order valence-electron chi connectivity index (χ4n) is 1.72. The van der Waals surface area contributed by atoms with Gasteiger partial charge in [0, 0.05) is 10.7 Å². The second kappa shape index (κ2) is 5.18. The fraction of sp³-hybridized carbons (Fsp3) is 0. The van der Waals surface area contributed by atoms with Gasteiger partial charge in [-0.05, 0) is 34.1 Å². The molecule has 2 aromatic heterocycles. The molecule has 1 aromatic carbocycles. The van der Waals surface area contributed by atoms with Gasteiger partial charge in [-0.3, -0.25) is 10.1 Å². The Hall–Kier alpha value is -1.99. The average molecular weight is 349 g/mol. The monoisotopic (exact) mass is 348 g/mol. The molecule has 0 saturated carbocycles. The summed E-state index contributed by atoms with van der Waals surface area (Å²) in [7, 11) is 0. The summed E-state index contributed by atoms with van der Waals surface area (Å²) in [6.45, 7) is 0. The van der Waals surface area contributed by atoms with Crippen LogP contribution in [0, 0.1) is 0 Å². The molecule has 7 heteroatoms. The summed E-state index contributed by atoms with van der Waals surface area (Å²) in [6, 6.07) is 9.32. The Bertz CT molecular complexity index is 769. The highest BCUT2D eigenvalue weighted by Gasteiger charge is 2.13. The molecule has 1 amide bonds. The van der Waals surface area contributed by atoms with Gasteiger partial charge in [-0.2, -0.15) is 0 Å². The molecule has 100 valence electrons. The third kappa shape index (κ3) is 2.50. The van der Waals surface area contributed by atoms with Gasteiger partial charge >= 0.3 is 0 Å². The predicted octanol–water partition coefficient (Wildman–Crippen LogP) is 3.29. The summed E-state index contributed by atoms with van der Waals surface area (Å²) in [5, 5.41) is 3.28. The van der Waals surface area contributed by atoms with Gasteiger partial charge in [-0.25, -0.2) is 9.97 Å². The van der Waals surface area contributed by atoms with Gasteiger partial charge in [0.2, 0.25) is 0 Å². The Balaban J connectivity index is 1.90. The zero-order valence-corrected chi connectivity index (χ0v) is 12.5. The standard InChI is InChI=1S/C13H9BrN4OS/c14-7-5-8(11(15)16-6-7)12(19)18-13-17-9-3-1-2-4-10(9)20-13/h1-6H,(H2,15,16)(H,17,18,19). The zero-order chi connectivity index (χ0) is 14.1. The van der Waals surface area contributed by atoms with Crippen molar-refractivity contribution in [2.45, 2.75) is 0 Å². The van der Waals surface area contributed by atoms with Crippen molar-refractivity contribution >= 4 is 54.3 Å². The maximum atomic E-state index is 12.2. The number of nitrogens with two attached hydrogens (primary N) is 1.